The number of aromatic nitrogens is 2. The van der Waals surface area contributed by atoms with Crippen molar-refractivity contribution in [2.24, 2.45) is 0 Å². The highest BCUT2D eigenvalue weighted by molar-refractivity contribution is 7.71. The summed E-state index contributed by atoms with van der Waals surface area (Å²) in [4.78, 5) is 15.5. The lowest BCUT2D eigenvalue weighted by atomic mass is 9.90. The van der Waals surface area contributed by atoms with Gasteiger partial charge in [-0.2, -0.15) is 0 Å². The predicted molar refractivity (Wildman–Crippen MR) is 112 cm³/mol. The van der Waals surface area contributed by atoms with Crippen LogP contribution >= 0.6 is 12.2 Å². The van der Waals surface area contributed by atoms with E-state index in [1.54, 1.807) is 25.3 Å². The topological polar surface area (TPSA) is 88.5 Å². The third-order valence-corrected chi connectivity index (χ3v) is 5.43. The van der Waals surface area contributed by atoms with Crippen molar-refractivity contribution in [3.8, 4) is 23.1 Å². The van der Waals surface area contributed by atoms with Crippen molar-refractivity contribution < 1.29 is 14.6 Å². The van der Waals surface area contributed by atoms with Crippen molar-refractivity contribution in [1.82, 2.24) is 14.9 Å². The Morgan fingerprint density at radius 2 is 1.97 bits per heavy atom. The van der Waals surface area contributed by atoms with Crippen LogP contribution in [0.3, 0.4) is 0 Å². The number of methoxy groups -OCH3 is 2. The molecule has 1 aliphatic rings. The molecule has 29 heavy (non-hydrogen) atoms. The molecule has 0 radical (unpaired) electrons. The number of aromatic amines is 1. The molecule has 1 aliphatic heterocycles. The second-order valence-corrected chi connectivity index (χ2v) is 7.09. The van der Waals surface area contributed by atoms with Crippen LogP contribution < -0.4 is 20.3 Å². The van der Waals surface area contributed by atoms with Gasteiger partial charge in [-0.25, -0.2) is 0 Å². The van der Waals surface area contributed by atoms with Crippen LogP contribution in [-0.2, 0) is 6.42 Å². The Morgan fingerprint density at radius 1 is 1.17 bits per heavy atom. The lowest BCUT2D eigenvalue weighted by Gasteiger charge is -2.28. The first-order valence-electron chi connectivity index (χ1n) is 9.17. The fraction of sp³-hybridized carbons (Fsp3) is 0.238. The Kier molecular flexibility index (Phi) is 5.12. The fourth-order valence-corrected chi connectivity index (χ4v) is 4.03. The molecule has 150 valence electrons. The van der Waals surface area contributed by atoms with Gasteiger partial charge in [-0.05, 0) is 41.9 Å². The van der Waals surface area contributed by atoms with E-state index in [0.717, 1.165) is 17.5 Å². The van der Waals surface area contributed by atoms with Crippen molar-refractivity contribution >= 4 is 12.2 Å². The van der Waals surface area contributed by atoms with Crippen molar-refractivity contribution in [3.63, 3.8) is 0 Å². The number of fused-ring (bicyclic) bond motifs is 1. The number of H-pyrrole nitrogens is 1. The second kappa shape index (κ2) is 7.73. The highest BCUT2D eigenvalue weighted by Gasteiger charge is 2.28. The van der Waals surface area contributed by atoms with Crippen LogP contribution in [0, 0.1) is 4.77 Å². The molecule has 3 N–H and O–H groups in total. The minimum absolute atomic E-state index is 0.0619. The standard InChI is InChI=1S/C21H21N3O4S/c1-27-13-7-8-16(28-2)15(11-13)24-20(26)17(19(25)23-21(24)29)18-14-6-4-3-5-12(14)9-10-22-18/h3-8,11,18,22,26H,9-10H2,1-2H3,(H,23,25,29)/t18-/m0/s1. The van der Waals surface area contributed by atoms with Crippen LogP contribution in [0.15, 0.2) is 47.3 Å². The van der Waals surface area contributed by atoms with Crippen molar-refractivity contribution in [3.05, 3.63) is 74.3 Å². The molecular weight excluding hydrogens is 390 g/mol. The van der Waals surface area contributed by atoms with E-state index in [1.807, 2.05) is 24.3 Å². The van der Waals surface area contributed by atoms with Crippen LogP contribution in [0.25, 0.3) is 5.69 Å². The Morgan fingerprint density at radius 3 is 2.72 bits per heavy atom. The summed E-state index contributed by atoms with van der Waals surface area (Å²) < 4.78 is 12.2. The minimum Gasteiger partial charge on any atom is -0.497 e. The molecule has 2 heterocycles. The summed E-state index contributed by atoms with van der Waals surface area (Å²) in [6, 6.07) is 12.6. The third-order valence-electron chi connectivity index (χ3n) is 5.15. The average Bonchev–Trinajstić information content (AvgIpc) is 2.73. The van der Waals surface area contributed by atoms with Crippen LogP contribution in [0.4, 0.5) is 0 Å². The molecule has 0 fully saturated rings. The van der Waals surface area contributed by atoms with Gasteiger partial charge in [-0.3, -0.25) is 14.3 Å². The van der Waals surface area contributed by atoms with E-state index in [2.05, 4.69) is 10.3 Å². The molecule has 0 saturated heterocycles. The smallest absolute Gasteiger partial charge is 0.260 e. The molecule has 3 aromatic rings. The Hall–Kier alpha value is -3.10. The van der Waals surface area contributed by atoms with Crippen molar-refractivity contribution in [2.45, 2.75) is 12.5 Å². The van der Waals surface area contributed by atoms with Gasteiger partial charge in [0.1, 0.15) is 11.5 Å². The van der Waals surface area contributed by atoms with Gasteiger partial charge in [0.2, 0.25) is 5.88 Å². The largest absolute Gasteiger partial charge is 0.497 e. The van der Waals surface area contributed by atoms with Gasteiger partial charge < -0.3 is 19.9 Å². The van der Waals surface area contributed by atoms with Crippen LogP contribution in [0.5, 0.6) is 17.4 Å². The SMILES string of the molecule is COc1ccc(OC)c(-n2c(O)c([C@H]3NCCc4ccccc43)c(=O)[nH]c2=S)c1. The second-order valence-electron chi connectivity index (χ2n) is 6.71. The lowest BCUT2D eigenvalue weighted by Crippen LogP contribution is -2.35. The molecule has 0 amide bonds. The third kappa shape index (κ3) is 3.30. The van der Waals surface area contributed by atoms with E-state index >= 15 is 0 Å². The van der Waals surface area contributed by atoms with E-state index in [1.165, 1.54) is 11.7 Å². The normalized spacial score (nSPS) is 15.6. The molecule has 0 bridgehead atoms. The maximum Gasteiger partial charge on any atom is 0.260 e. The highest BCUT2D eigenvalue weighted by Crippen LogP contribution is 2.35. The number of nitrogens with one attached hydrogen (secondary N) is 2. The molecule has 2 aromatic carbocycles. The summed E-state index contributed by atoms with van der Waals surface area (Å²) in [5.74, 6) is 0.808. The first-order chi connectivity index (χ1) is 14.0. The molecule has 0 unspecified atom stereocenters. The zero-order valence-electron chi connectivity index (χ0n) is 16.1. The van der Waals surface area contributed by atoms with Gasteiger partial charge in [0.25, 0.3) is 5.56 Å². The van der Waals surface area contributed by atoms with E-state index in [9.17, 15) is 9.90 Å². The number of hydrogen-bond donors (Lipinski definition) is 3. The lowest BCUT2D eigenvalue weighted by molar-refractivity contribution is 0.390. The number of nitrogens with zero attached hydrogens (tertiary/aromatic N) is 1. The fourth-order valence-electron chi connectivity index (χ4n) is 3.76. The van der Waals surface area contributed by atoms with Gasteiger partial charge in [0, 0.05) is 12.6 Å². The van der Waals surface area contributed by atoms with E-state index in [-0.39, 0.29) is 16.2 Å². The van der Waals surface area contributed by atoms with Crippen molar-refractivity contribution in [2.75, 3.05) is 20.8 Å². The molecule has 0 aliphatic carbocycles. The van der Waals surface area contributed by atoms with Crippen LogP contribution in [0.2, 0.25) is 0 Å². The molecule has 1 aromatic heterocycles. The predicted octanol–water partition coefficient (Wildman–Crippen LogP) is 2.85. The molecule has 4 rings (SSSR count). The molecule has 0 spiro atoms. The number of benzene rings is 2. The summed E-state index contributed by atoms with van der Waals surface area (Å²) in [6.07, 6.45) is 0.855. The first kappa shape index (κ1) is 19.2. The maximum absolute atomic E-state index is 12.8. The molecule has 7 nitrogen and oxygen atoms in total. The van der Waals surface area contributed by atoms with Gasteiger partial charge >= 0.3 is 0 Å². The number of hydrogen-bond acceptors (Lipinski definition) is 6. The minimum atomic E-state index is -0.456. The van der Waals surface area contributed by atoms with Crippen LogP contribution in [-0.4, -0.2) is 35.4 Å². The van der Waals surface area contributed by atoms with Crippen molar-refractivity contribution in [1.29, 1.82) is 0 Å². The Balaban J connectivity index is 1.97. The van der Waals surface area contributed by atoms with Gasteiger partial charge in [0.05, 0.1) is 31.5 Å². The van der Waals surface area contributed by atoms with Crippen LogP contribution in [0.1, 0.15) is 22.7 Å². The molecule has 0 saturated carbocycles. The summed E-state index contributed by atoms with van der Waals surface area (Å²) in [7, 11) is 3.07. The Labute approximate surface area is 172 Å². The first-order valence-corrected chi connectivity index (χ1v) is 9.57. The average molecular weight is 411 g/mol. The summed E-state index contributed by atoms with van der Waals surface area (Å²) in [5.41, 5.74) is 2.34. The molecule has 1 atom stereocenters. The zero-order chi connectivity index (χ0) is 20.5. The zero-order valence-corrected chi connectivity index (χ0v) is 16.9. The summed E-state index contributed by atoms with van der Waals surface area (Å²) >= 11 is 5.37. The summed E-state index contributed by atoms with van der Waals surface area (Å²) in [5, 5.41) is 14.5. The number of ether oxygens (including phenoxy) is 2. The van der Waals surface area contributed by atoms with Gasteiger partial charge in [-0.15, -0.1) is 0 Å². The van der Waals surface area contributed by atoms with Gasteiger partial charge in [0.15, 0.2) is 4.77 Å². The number of rotatable bonds is 4. The maximum atomic E-state index is 12.8. The van der Waals surface area contributed by atoms with E-state index in [4.69, 9.17) is 21.7 Å². The van der Waals surface area contributed by atoms with E-state index < -0.39 is 11.6 Å². The summed E-state index contributed by atoms with van der Waals surface area (Å²) in [6.45, 7) is 0.693. The highest BCUT2D eigenvalue weighted by atomic mass is 32.1. The monoisotopic (exact) mass is 411 g/mol. The van der Waals surface area contributed by atoms with Gasteiger partial charge in [-0.1, -0.05) is 24.3 Å². The quantitative estimate of drug-likeness (QED) is 0.572. The van der Waals surface area contributed by atoms with E-state index in [0.29, 0.717) is 23.7 Å². The molecular formula is C21H21N3O4S. The molecule has 8 heteroatoms. The number of aromatic hydroxyl groups is 1. The Bertz CT molecular complexity index is 1190.